The minimum absolute atomic E-state index is 0.203. The molecule has 1 N–H and O–H groups in total. The van der Waals surface area contributed by atoms with E-state index in [1.54, 1.807) is 6.07 Å². The summed E-state index contributed by atoms with van der Waals surface area (Å²) in [7, 11) is 0. The summed E-state index contributed by atoms with van der Waals surface area (Å²) >= 11 is 9.15. The first kappa shape index (κ1) is 11.9. The summed E-state index contributed by atoms with van der Waals surface area (Å²) < 4.78 is 14.2. The molecule has 0 radical (unpaired) electrons. The Kier molecular flexibility index (Phi) is 3.50. The number of nitrogens with one attached hydrogen (secondary N) is 1. The van der Waals surface area contributed by atoms with Gasteiger partial charge in [0.25, 0.3) is 0 Å². The van der Waals surface area contributed by atoms with Gasteiger partial charge in [0.05, 0.1) is 0 Å². The predicted molar refractivity (Wildman–Crippen MR) is 63.9 cm³/mol. The molecule has 0 aromatic heterocycles. The quantitative estimate of drug-likeness (QED) is 0.854. The number of alkyl halides is 1. The fourth-order valence-corrected chi connectivity index (χ4v) is 1.96. The number of amides is 1. The lowest BCUT2D eigenvalue weighted by molar-refractivity contribution is -0.121. The maximum atomic E-state index is 13.4. The van der Waals surface area contributed by atoms with Gasteiger partial charge < -0.3 is 5.32 Å². The maximum Gasteiger partial charge on any atom is 0.242 e. The van der Waals surface area contributed by atoms with Crippen molar-refractivity contribution in [1.29, 1.82) is 0 Å². The molecule has 2 nitrogen and oxygen atoms in total. The van der Waals surface area contributed by atoms with E-state index in [4.69, 9.17) is 11.6 Å². The Morgan fingerprint density at radius 1 is 1.56 bits per heavy atom. The molecular formula is C11H10BrClFNO. The lowest BCUT2D eigenvalue weighted by Crippen LogP contribution is -2.29. The van der Waals surface area contributed by atoms with Gasteiger partial charge in [0.1, 0.15) is 11.2 Å². The van der Waals surface area contributed by atoms with Crippen LogP contribution in [0.3, 0.4) is 0 Å². The van der Waals surface area contributed by atoms with Crippen LogP contribution in [0.4, 0.5) is 4.39 Å². The van der Waals surface area contributed by atoms with Crippen LogP contribution in [0.5, 0.6) is 0 Å². The highest BCUT2D eigenvalue weighted by atomic mass is 79.9. The van der Waals surface area contributed by atoms with Crippen LogP contribution in [0, 0.1) is 5.82 Å². The maximum absolute atomic E-state index is 13.4. The Hall–Kier alpha value is -0.610. The molecule has 0 aliphatic heterocycles. The first-order valence-corrected chi connectivity index (χ1v) is 6.20. The zero-order valence-corrected chi connectivity index (χ0v) is 10.7. The Balaban J connectivity index is 2.14. The number of halogens is 3. The first-order valence-electron chi connectivity index (χ1n) is 4.97. The molecule has 5 heteroatoms. The molecule has 16 heavy (non-hydrogen) atoms. The van der Waals surface area contributed by atoms with Gasteiger partial charge in [-0.3, -0.25) is 4.79 Å². The predicted octanol–water partition coefficient (Wildman–Crippen LogP) is 3.15. The molecule has 1 fully saturated rings. The second-order valence-corrected chi connectivity index (χ2v) is 5.16. The fourth-order valence-electron chi connectivity index (χ4n) is 1.35. The van der Waals surface area contributed by atoms with Crippen LogP contribution < -0.4 is 5.32 Å². The Bertz CT molecular complexity index is 422. The smallest absolute Gasteiger partial charge is 0.242 e. The highest BCUT2D eigenvalue weighted by molar-refractivity contribution is 9.10. The number of carbonyl (C=O) groups is 1. The van der Waals surface area contributed by atoms with Crippen LogP contribution in [0.15, 0.2) is 22.7 Å². The third-order valence-corrected chi connectivity index (χ3v) is 3.31. The van der Waals surface area contributed by atoms with E-state index in [1.165, 1.54) is 12.1 Å². The van der Waals surface area contributed by atoms with E-state index in [9.17, 15) is 9.18 Å². The number of benzene rings is 1. The van der Waals surface area contributed by atoms with Gasteiger partial charge in [-0.2, -0.15) is 0 Å². The molecule has 0 saturated heterocycles. The SMILES string of the molecule is O=C(NC1CC1)C(Cl)c1cc(Br)ccc1F. The highest BCUT2D eigenvalue weighted by Crippen LogP contribution is 2.28. The fraction of sp³-hybridized carbons (Fsp3) is 0.364. The molecule has 0 bridgehead atoms. The first-order chi connectivity index (χ1) is 7.58. The normalized spacial score (nSPS) is 16.9. The second-order valence-electron chi connectivity index (χ2n) is 3.81. The van der Waals surface area contributed by atoms with Gasteiger partial charge in [0.15, 0.2) is 0 Å². The summed E-state index contributed by atoms with van der Waals surface area (Å²) in [4.78, 5) is 11.6. The van der Waals surface area contributed by atoms with E-state index in [-0.39, 0.29) is 17.5 Å². The molecule has 1 saturated carbocycles. The van der Waals surface area contributed by atoms with Crippen LogP contribution in [0.25, 0.3) is 0 Å². The van der Waals surface area contributed by atoms with E-state index in [2.05, 4.69) is 21.2 Å². The zero-order chi connectivity index (χ0) is 11.7. The Morgan fingerprint density at radius 3 is 2.88 bits per heavy atom. The molecule has 1 atom stereocenters. The van der Waals surface area contributed by atoms with E-state index in [1.807, 2.05) is 0 Å². The van der Waals surface area contributed by atoms with Crippen molar-refractivity contribution < 1.29 is 9.18 Å². The standard InChI is InChI=1S/C11H10BrClFNO/c12-6-1-4-9(14)8(5-6)10(13)11(16)15-7-2-3-7/h1,4-5,7,10H,2-3H2,(H,15,16). The summed E-state index contributed by atoms with van der Waals surface area (Å²) in [5.41, 5.74) is 0.203. The number of carbonyl (C=O) groups excluding carboxylic acids is 1. The molecule has 2 rings (SSSR count). The average molecular weight is 307 g/mol. The highest BCUT2D eigenvalue weighted by Gasteiger charge is 2.28. The Morgan fingerprint density at radius 2 is 2.25 bits per heavy atom. The minimum Gasteiger partial charge on any atom is -0.352 e. The van der Waals surface area contributed by atoms with Gasteiger partial charge in [-0.05, 0) is 31.0 Å². The molecule has 0 heterocycles. The van der Waals surface area contributed by atoms with Crippen LogP contribution in [-0.2, 0) is 4.79 Å². The molecule has 86 valence electrons. The molecule has 0 spiro atoms. The third kappa shape index (κ3) is 2.74. The topological polar surface area (TPSA) is 29.1 Å². The lowest BCUT2D eigenvalue weighted by Gasteiger charge is -2.11. The molecule has 1 aliphatic carbocycles. The molecule has 1 amide bonds. The summed E-state index contributed by atoms with van der Waals surface area (Å²) in [5.74, 6) is -0.796. The summed E-state index contributed by atoms with van der Waals surface area (Å²) in [6, 6.07) is 4.61. The van der Waals surface area contributed by atoms with Crippen molar-refractivity contribution in [2.45, 2.75) is 24.3 Å². The summed E-state index contributed by atoms with van der Waals surface area (Å²) in [6.45, 7) is 0. The molecular weight excluding hydrogens is 296 g/mol. The van der Waals surface area contributed by atoms with E-state index < -0.39 is 11.2 Å². The Labute approximate surface area is 106 Å². The van der Waals surface area contributed by atoms with Crippen LogP contribution in [0.1, 0.15) is 23.8 Å². The van der Waals surface area contributed by atoms with Crippen molar-refractivity contribution in [3.63, 3.8) is 0 Å². The van der Waals surface area contributed by atoms with Gasteiger partial charge in [-0.25, -0.2) is 4.39 Å². The molecule has 1 aliphatic rings. The van der Waals surface area contributed by atoms with Gasteiger partial charge in [0.2, 0.25) is 5.91 Å². The van der Waals surface area contributed by atoms with E-state index in [0.717, 1.165) is 12.8 Å². The van der Waals surface area contributed by atoms with Crippen LogP contribution in [0.2, 0.25) is 0 Å². The van der Waals surface area contributed by atoms with Crippen molar-refractivity contribution in [2.75, 3.05) is 0 Å². The van der Waals surface area contributed by atoms with Gasteiger partial charge in [-0.15, -0.1) is 11.6 Å². The lowest BCUT2D eigenvalue weighted by atomic mass is 10.1. The number of hydrogen-bond donors (Lipinski definition) is 1. The molecule has 1 aromatic carbocycles. The third-order valence-electron chi connectivity index (χ3n) is 2.39. The minimum atomic E-state index is -0.974. The van der Waals surface area contributed by atoms with Gasteiger partial charge in [0, 0.05) is 16.1 Å². The van der Waals surface area contributed by atoms with Crippen LogP contribution >= 0.6 is 27.5 Å². The van der Waals surface area contributed by atoms with Crippen molar-refractivity contribution in [2.24, 2.45) is 0 Å². The number of rotatable bonds is 3. The van der Waals surface area contributed by atoms with Crippen molar-refractivity contribution in [3.8, 4) is 0 Å². The second kappa shape index (κ2) is 4.72. The van der Waals surface area contributed by atoms with Crippen LogP contribution in [-0.4, -0.2) is 11.9 Å². The van der Waals surface area contributed by atoms with E-state index in [0.29, 0.717) is 4.47 Å². The van der Waals surface area contributed by atoms with E-state index >= 15 is 0 Å². The molecule has 1 unspecified atom stereocenters. The van der Waals surface area contributed by atoms with Crippen molar-refractivity contribution in [1.82, 2.24) is 5.32 Å². The zero-order valence-electron chi connectivity index (χ0n) is 8.34. The molecule has 1 aromatic rings. The average Bonchev–Trinajstić information content (AvgIpc) is 3.04. The summed E-state index contributed by atoms with van der Waals surface area (Å²) in [6.07, 6.45) is 1.96. The van der Waals surface area contributed by atoms with Crippen molar-refractivity contribution >= 4 is 33.4 Å². The van der Waals surface area contributed by atoms with Gasteiger partial charge in [-0.1, -0.05) is 15.9 Å². The van der Waals surface area contributed by atoms with Gasteiger partial charge >= 0.3 is 0 Å². The monoisotopic (exact) mass is 305 g/mol. The van der Waals surface area contributed by atoms with Crippen molar-refractivity contribution in [3.05, 3.63) is 34.1 Å². The largest absolute Gasteiger partial charge is 0.352 e. The summed E-state index contributed by atoms with van der Waals surface area (Å²) in [5, 5.41) is 1.77. The number of hydrogen-bond acceptors (Lipinski definition) is 1.